The van der Waals surface area contributed by atoms with Crippen LogP contribution in [0, 0.1) is 6.92 Å². The number of carbonyl (C=O) groups excluding carboxylic acids is 1. The number of anilines is 1. The molecule has 2 rings (SSSR count). The first-order valence-corrected chi connectivity index (χ1v) is 7.40. The Labute approximate surface area is 126 Å². The molecule has 1 atom stereocenters. The van der Waals surface area contributed by atoms with Crippen LogP contribution in [0.4, 0.5) is 5.69 Å². The molecule has 1 N–H and O–H groups in total. The van der Waals surface area contributed by atoms with Crippen molar-refractivity contribution in [2.45, 2.75) is 39.5 Å². The molecule has 1 unspecified atom stereocenters. The van der Waals surface area contributed by atoms with Gasteiger partial charge in [0, 0.05) is 17.6 Å². The topological polar surface area (TPSA) is 42.0 Å². The molecule has 21 heavy (non-hydrogen) atoms. The number of hydrogen-bond donors (Lipinski definition) is 1. The number of nitrogens with zero attached hydrogens (tertiary/aromatic N) is 1. The lowest BCUT2D eigenvalue weighted by molar-refractivity contribution is -0.115. The van der Waals surface area contributed by atoms with Gasteiger partial charge in [-0.1, -0.05) is 32.0 Å². The highest BCUT2D eigenvalue weighted by atomic mass is 16.1. The number of aromatic nitrogens is 1. The number of amides is 1. The largest absolute Gasteiger partial charge is 0.326 e. The van der Waals surface area contributed by atoms with E-state index in [1.807, 2.05) is 31.2 Å². The number of benzene rings is 1. The van der Waals surface area contributed by atoms with Crippen molar-refractivity contribution >= 4 is 11.6 Å². The zero-order valence-corrected chi connectivity index (χ0v) is 12.9. The maximum absolute atomic E-state index is 12.1. The Morgan fingerprint density at radius 3 is 2.76 bits per heavy atom. The summed E-state index contributed by atoms with van der Waals surface area (Å²) in [5.41, 5.74) is 3.99. The van der Waals surface area contributed by atoms with Crippen LogP contribution in [0.3, 0.4) is 0 Å². The number of nitrogens with one attached hydrogen (secondary N) is 1. The fourth-order valence-corrected chi connectivity index (χ4v) is 2.13. The van der Waals surface area contributed by atoms with E-state index in [4.69, 9.17) is 0 Å². The third kappa shape index (κ3) is 4.42. The van der Waals surface area contributed by atoms with Gasteiger partial charge in [-0.05, 0) is 48.6 Å². The fourth-order valence-electron chi connectivity index (χ4n) is 2.13. The van der Waals surface area contributed by atoms with Crippen LogP contribution in [-0.4, -0.2) is 10.9 Å². The maximum Gasteiger partial charge on any atom is 0.230 e. The number of carbonyl (C=O) groups is 1. The van der Waals surface area contributed by atoms with E-state index in [1.54, 1.807) is 6.20 Å². The average molecular weight is 282 g/mol. The second-order valence-corrected chi connectivity index (χ2v) is 5.49. The van der Waals surface area contributed by atoms with Crippen molar-refractivity contribution in [3.63, 3.8) is 0 Å². The quantitative estimate of drug-likeness (QED) is 0.897. The summed E-state index contributed by atoms with van der Waals surface area (Å²) in [5.74, 6) is 0.466. The average Bonchev–Trinajstić information content (AvgIpc) is 2.49. The van der Waals surface area contributed by atoms with Gasteiger partial charge in [0.15, 0.2) is 0 Å². The van der Waals surface area contributed by atoms with E-state index in [9.17, 15) is 4.79 Å². The lowest BCUT2D eigenvalue weighted by Gasteiger charge is -2.11. The number of pyridine rings is 1. The van der Waals surface area contributed by atoms with Gasteiger partial charge in [0.05, 0.1) is 6.42 Å². The highest BCUT2D eigenvalue weighted by Crippen LogP contribution is 2.21. The standard InChI is InChI=1S/C18H22N2O/c1-4-14(3)15-6-5-7-17(10-15)20-18(21)11-16-9-8-13(2)12-19-16/h5-10,12,14H,4,11H2,1-3H3,(H,20,21). The third-order valence-electron chi connectivity index (χ3n) is 3.67. The first-order valence-electron chi connectivity index (χ1n) is 7.40. The number of rotatable bonds is 5. The molecule has 3 nitrogen and oxygen atoms in total. The van der Waals surface area contributed by atoms with Crippen LogP contribution in [0.1, 0.15) is 43.0 Å². The molecule has 2 aromatic rings. The smallest absolute Gasteiger partial charge is 0.230 e. The van der Waals surface area contributed by atoms with Crippen LogP contribution in [0.2, 0.25) is 0 Å². The van der Waals surface area contributed by atoms with Gasteiger partial charge in [-0.2, -0.15) is 0 Å². The summed E-state index contributed by atoms with van der Waals surface area (Å²) in [6, 6.07) is 11.9. The van der Waals surface area contributed by atoms with E-state index >= 15 is 0 Å². The van der Waals surface area contributed by atoms with E-state index in [0.717, 1.165) is 23.4 Å². The van der Waals surface area contributed by atoms with Crippen LogP contribution in [0.5, 0.6) is 0 Å². The highest BCUT2D eigenvalue weighted by molar-refractivity contribution is 5.92. The van der Waals surface area contributed by atoms with Gasteiger partial charge >= 0.3 is 0 Å². The summed E-state index contributed by atoms with van der Waals surface area (Å²) >= 11 is 0. The SMILES string of the molecule is CCC(C)c1cccc(NC(=O)Cc2ccc(C)cn2)c1. The van der Waals surface area contributed by atoms with Crippen molar-refractivity contribution in [2.24, 2.45) is 0 Å². The molecule has 0 radical (unpaired) electrons. The summed E-state index contributed by atoms with van der Waals surface area (Å²) in [7, 11) is 0. The van der Waals surface area contributed by atoms with E-state index in [0.29, 0.717) is 12.3 Å². The Kier molecular flexibility index (Phi) is 5.09. The molecule has 0 spiro atoms. The molecule has 0 saturated heterocycles. The molecule has 110 valence electrons. The molecule has 0 aliphatic heterocycles. The van der Waals surface area contributed by atoms with Crippen LogP contribution in [-0.2, 0) is 11.2 Å². The minimum Gasteiger partial charge on any atom is -0.326 e. The molecule has 0 aliphatic carbocycles. The summed E-state index contributed by atoms with van der Waals surface area (Å²) < 4.78 is 0. The van der Waals surface area contributed by atoms with Gasteiger partial charge in [0.25, 0.3) is 0 Å². The zero-order chi connectivity index (χ0) is 15.2. The van der Waals surface area contributed by atoms with Gasteiger partial charge < -0.3 is 5.32 Å². The van der Waals surface area contributed by atoms with Crippen molar-refractivity contribution in [1.82, 2.24) is 4.98 Å². The van der Waals surface area contributed by atoms with Gasteiger partial charge in [-0.15, -0.1) is 0 Å². The van der Waals surface area contributed by atoms with Crippen LogP contribution < -0.4 is 5.32 Å². The predicted octanol–water partition coefficient (Wildman–Crippen LogP) is 4.08. The van der Waals surface area contributed by atoms with E-state index in [1.165, 1.54) is 5.56 Å². The molecule has 1 aromatic carbocycles. The van der Waals surface area contributed by atoms with Gasteiger partial charge in [-0.25, -0.2) is 0 Å². The van der Waals surface area contributed by atoms with E-state index in [-0.39, 0.29) is 5.91 Å². The number of hydrogen-bond acceptors (Lipinski definition) is 2. The first-order chi connectivity index (χ1) is 10.1. The summed E-state index contributed by atoms with van der Waals surface area (Å²) in [5, 5.41) is 2.95. The Morgan fingerprint density at radius 2 is 2.10 bits per heavy atom. The molecular formula is C18H22N2O. The molecular weight excluding hydrogens is 260 g/mol. The molecule has 0 fully saturated rings. The van der Waals surface area contributed by atoms with Crippen LogP contribution in [0.25, 0.3) is 0 Å². The first kappa shape index (κ1) is 15.2. The second-order valence-electron chi connectivity index (χ2n) is 5.49. The minimum atomic E-state index is -0.0346. The van der Waals surface area contributed by atoms with E-state index < -0.39 is 0 Å². The molecule has 0 aliphatic rings. The van der Waals surface area contributed by atoms with Gasteiger partial charge in [0.2, 0.25) is 5.91 Å². The Balaban J connectivity index is 2.01. The fraction of sp³-hybridized carbons (Fsp3) is 0.333. The Hall–Kier alpha value is -2.16. The molecule has 0 saturated carbocycles. The Morgan fingerprint density at radius 1 is 1.29 bits per heavy atom. The second kappa shape index (κ2) is 7.02. The normalized spacial score (nSPS) is 12.0. The highest BCUT2D eigenvalue weighted by Gasteiger charge is 2.07. The van der Waals surface area contributed by atoms with Crippen molar-refractivity contribution in [1.29, 1.82) is 0 Å². The van der Waals surface area contributed by atoms with Crippen molar-refractivity contribution in [3.8, 4) is 0 Å². The Bertz CT molecular complexity index is 605. The molecule has 3 heteroatoms. The lowest BCUT2D eigenvalue weighted by atomic mass is 9.98. The van der Waals surface area contributed by atoms with E-state index in [2.05, 4.69) is 36.3 Å². The maximum atomic E-state index is 12.1. The summed E-state index contributed by atoms with van der Waals surface area (Å²) in [6.45, 7) is 6.34. The molecule has 0 bridgehead atoms. The zero-order valence-electron chi connectivity index (χ0n) is 12.9. The van der Waals surface area contributed by atoms with Crippen LogP contribution in [0.15, 0.2) is 42.6 Å². The van der Waals surface area contributed by atoms with Crippen LogP contribution >= 0.6 is 0 Å². The van der Waals surface area contributed by atoms with Gasteiger partial charge in [-0.3, -0.25) is 9.78 Å². The van der Waals surface area contributed by atoms with Crippen molar-refractivity contribution in [2.75, 3.05) is 5.32 Å². The van der Waals surface area contributed by atoms with Gasteiger partial charge in [0.1, 0.15) is 0 Å². The molecule has 1 aromatic heterocycles. The minimum absolute atomic E-state index is 0.0346. The monoisotopic (exact) mass is 282 g/mol. The molecule has 1 heterocycles. The third-order valence-corrected chi connectivity index (χ3v) is 3.67. The predicted molar refractivity (Wildman–Crippen MR) is 86.5 cm³/mol. The van der Waals surface area contributed by atoms with Crippen molar-refractivity contribution < 1.29 is 4.79 Å². The number of aryl methyl sites for hydroxylation is 1. The van der Waals surface area contributed by atoms with Crippen molar-refractivity contribution in [3.05, 3.63) is 59.4 Å². The lowest BCUT2D eigenvalue weighted by Crippen LogP contribution is -2.15. The molecule has 1 amide bonds. The summed E-state index contributed by atoms with van der Waals surface area (Å²) in [6.07, 6.45) is 3.17. The summed E-state index contributed by atoms with van der Waals surface area (Å²) in [4.78, 5) is 16.3.